The van der Waals surface area contributed by atoms with Crippen molar-refractivity contribution in [3.05, 3.63) is 28.2 Å². The highest BCUT2D eigenvalue weighted by atomic mass is 79.9. The van der Waals surface area contributed by atoms with E-state index in [1.165, 1.54) is 4.90 Å². The zero-order valence-corrected chi connectivity index (χ0v) is 12.0. The Morgan fingerprint density at radius 3 is 2.95 bits per heavy atom. The van der Waals surface area contributed by atoms with Crippen molar-refractivity contribution in [3.8, 4) is 0 Å². The Kier molecular flexibility index (Phi) is 4.09. The molecular weight excluding hydrogens is 314 g/mol. The fourth-order valence-electron chi connectivity index (χ4n) is 2.01. The number of rotatable bonds is 4. The van der Waals surface area contributed by atoms with Crippen molar-refractivity contribution in [3.63, 3.8) is 0 Å². The molecule has 0 spiro atoms. The predicted octanol–water partition coefficient (Wildman–Crippen LogP) is 2.95. The third kappa shape index (κ3) is 3.07. The van der Waals surface area contributed by atoms with Gasteiger partial charge in [-0.1, -0.05) is 22.0 Å². The zero-order valence-electron chi connectivity index (χ0n) is 10.4. The minimum Gasteiger partial charge on any atom is -0.481 e. The Hall–Kier alpha value is -1.56. The number of amides is 1. The molecule has 102 valence electrons. The molecule has 1 aliphatic heterocycles. The van der Waals surface area contributed by atoms with Gasteiger partial charge in [0.2, 0.25) is 0 Å². The van der Waals surface area contributed by atoms with Gasteiger partial charge >= 0.3 is 12.1 Å². The largest absolute Gasteiger partial charge is 0.481 e. The SMILES string of the molecule is Cc1ccc(N2C(=O)OCC2CCC(=O)O)cc1Br. The zero-order chi connectivity index (χ0) is 14.0. The molecule has 1 aromatic carbocycles. The summed E-state index contributed by atoms with van der Waals surface area (Å²) in [6.07, 6.45) is -0.0247. The maximum Gasteiger partial charge on any atom is 0.414 e. The second kappa shape index (κ2) is 5.61. The molecule has 1 amide bonds. The summed E-state index contributed by atoms with van der Waals surface area (Å²) >= 11 is 3.42. The van der Waals surface area contributed by atoms with Crippen molar-refractivity contribution >= 4 is 33.7 Å². The van der Waals surface area contributed by atoms with Gasteiger partial charge in [-0.15, -0.1) is 0 Å². The molecule has 1 N–H and O–H groups in total. The number of halogens is 1. The third-order valence-corrected chi connectivity index (χ3v) is 3.94. The van der Waals surface area contributed by atoms with Crippen molar-refractivity contribution < 1.29 is 19.4 Å². The van der Waals surface area contributed by atoms with Crippen LogP contribution in [0, 0.1) is 6.92 Å². The smallest absolute Gasteiger partial charge is 0.414 e. The number of carboxylic acid groups (broad SMARTS) is 1. The van der Waals surface area contributed by atoms with Crippen molar-refractivity contribution in [1.29, 1.82) is 0 Å². The number of cyclic esters (lactones) is 1. The first-order chi connectivity index (χ1) is 8.99. The van der Waals surface area contributed by atoms with Gasteiger partial charge in [-0.25, -0.2) is 4.79 Å². The second-order valence-corrected chi connectivity index (χ2v) is 5.32. The molecular formula is C13H14BrNO4. The average Bonchev–Trinajstić information content (AvgIpc) is 2.71. The lowest BCUT2D eigenvalue weighted by Gasteiger charge is -2.21. The monoisotopic (exact) mass is 327 g/mol. The van der Waals surface area contributed by atoms with E-state index in [2.05, 4.69) is 15.9 Å². The highest BCUT2D eigenvalue weighted by Gasteiger charge is 2.34. The van der Waals surface area contributed by atoms with Gasteiger partial charge in [0.25, 0.3) is 0 Å². The Balaban J connectivity index is 2.20. The fraction of sp³-hybridized carbons (Fsp3) is 0.385. The minimum atomic E-state index is -0.871. The summed E-state index contributed by atoms with van der Waals surface area (Å²) in [5.74, 6) is -0.871. The summed E-state index contributed by atoms with van der Waals surface area (Å²) < 4.78 is 5.92. The Morgan fingerprint density at radius 1 is 1.58 bits per heavy atom. The number of hydrogen-bond donors (Lipinski definition) is 1. The van der Waals surface area contributed by atoms with Crippen LogP contribution in [-0.4, -0.2) is 29.8 Å². The van der Waals surface area contributed by atoms with E-state index in [-0.39, 0.29) is 19.1 Å². The maximum absolute atomic E-state index is 11.8. The van der Waals surface area contributed by atoms with E-state index in [0.717, 1.165) is 15.7 Å². The Morgan fingerprint density at radius 2 is 2.32 bits per heavy atom. The number of carbonyl (C=O) groups is 2. The number of nitrogens with zero attached hydrogens (tertiary/aromatic N) is 1. The standard InChI is InChI=1S/C13H14BrNO4/c1-8-2-3-9(6-11(8)14)15-10(4-5-12(16)17)7-19-13(15)18/h2-3,6,10H,4-5,7H2,1H3,(H,16,17). The molecule has 1 unspecified atom stereocenters. The van der Waals surface area contributed by atoms with Gasteiger partial charge in [0, 0.05) is 16.6 Å². The van der Waals surface area contributed by atoms with Gasteiger partial charge in [-0.3, -0.25) is 9.69 Å². The van der Waals surface area contributed by atoms with Crippen molar-refractivity contribution in [1.82, 2.24) is 0 Å². The molecule has 1 atom stereocenters. The van der Waals surface area contributed by atoms with Crippen LogP contribution < -0.4 is 4.90 Å². The van der Waals surface area contributed by atoms with E-state index < -0.39 is 12.1 Å². The van der Waals surface area contributed by atoms with Gasteiger partial charge in [0.1, 0.15) is 6.61 Å². The van der Waals surface area contributed by atoms with Crippen LogP contribution in [0.5, 0.6) is 0 Å². The van der Waals surface area contributed by atoms with Crippen molar-refractivity contribution in [2.75, 3.05) is 11.5 Å². The minimum absolute atomic E-state index is 0.0187. The average molecular weight is 328 g/mol. The maximum atomic E-state index is 11.8. The summed E-state index contributed by atoms with van der Waals surface area (Å²) in [6, 6.07) is 5.35. The molecule has 1 saturated heterocycles. The van der Waals surface area contributed by atoms with E-state index in [4.69, 9.17) is 9.84 Å². The number of carbonyl (C=O) groups excluding carboxylic acids is 1. The van der Waals surface area contributed by atoms with Crippen LogP contribution >= 0.6 is 15.9 Å². The number of ether oxygens (including phenoxy) is 1. The number of aliphatic carboxylic acids is 1. The highest BCUT2D eigenvalue weighted by molar-refractivity contribution is 9.10. The van der Waals surface area contributed by atoms with Gasteiger partial charge in [-0.2, -0.15) is 0 Å². The highest BCUT2D eigenvalue weighted by Crippen LogP contribution is 2.29. The normalized spacial score (nSPS) is 18.5. The lowest BCUT2D eigenvalue weighted by atomic mass is 10.1. The number of benzene rings is 1. The van der Waals surface area contributed by atoms with Crippen LogP contribution in [0.1, 0.15) is 18.4 Å². The van der Waals surface area contributed by atoms with Gasteiger partial charge in [0.15, 0.2) is 0 Å². The summed E-state index contributed by atoms with van der Waals surface area (Å²) in [4.78, 5) is 23.9. The third-order valence-electron chi connectivity index (χ3n) is 3.09. The quantitative estimate of drug-likeness (QED) is 0.923. The first-order valence-electron chi connectivity index (χ1n) is 5.93. The molecule has 1 fully saturated rings. The van der Waals surface area contributed by atoms with E-state index >= 15 is 0 Å². The first kappa shape index (κ1) is 13.9. The number of carboxylic acids is 1. The van der Waals surface area contributed by atoms with Crippen LogP contribution in [-0.2, 0) is 9.53 Å². The molecule has 0 radical (unpaired) electrons. The number of aryl methyl sites for hydroxylation is 1. The van der Waals surface area contributed by atoms with E-state index in [1.807, 2.05) is 25.1 Å². The fourth-order valence-corrected chi connectivity index (χ4v) is 2.38. The number of anilines is 1. The van der Waals surface area contributed by atoms with Crippen LogP contribution in [0.4, 0.5) is 10.5 Å². The summed E-state index contributed by atoms with van der Waals surface area (Å²) in [5, 5.41) is 8.73. The van der Waals surface area contributed by atoms with Crippen LogP contribution in [0.25, 0.3) is 0 Å². The molecule has 0 aliphatic carbocycles. The van der Waals surface area contributed by atoms with Crippen molar-refractivity contribution in [2.45, 2.75) is 25.8 Å². The topological polar surface area (TPSA) is 66.8 Å². The van der Waals surface area contributed by atoms with E-state index in [9.17, 15) is 9.59 Å². The molecule has 19 heavy (non-hydrogen) atoms. The lowest BCUT2D eigenvalue weighted by molar-refractivity contribution is -0.137. The Labute approximate surface area is 119 Å². The Bertz CT molecular complexity index is 517. The number of hydrogen-bond acceptors (Lipinski definition) is 3. The van der Waals surface area contributed by atoms with Gasteiger partial charge in [0.05, 0.1) is 6.04 Å². The van der Waals surface area contributed by atoms with E-state index in [0.29, 0.717) is 6.42 Å². The van der Waals surface area contributed by atoms with Gasteiger partial charge < -0.3 is 9.84 Å². The first-order valence-corrected chi connectivity index (χ1v) is 6.72. The molecule has 0 aromatic heterocycles. The summed E-state index contributed by atoms with van der Waals surface area (Å²) in [6.45, 7) is 2.19. The summed E-state index contributed by atoms with van der Waals surface area (Å²) in [7, 11) is 0. The van der Waals surface area contributed by atoms with Crippen LogP contribution in [0.3, 0.4) is 0 Å². The van der Waals surface area contributed by atoms with Crippen molar-refractivity contribution in [2.24, 2.45) is 0 Å². The lowest BCUT2D eigenvalue weighted by Crippen LogP contribution is -2.33. The van der Waals surface area contributed by atoms with E-state index in [1.54, 1.807) is 0 Å². The molecule has 0 bridgehead atoms. The van der Waals surface area contributed by atoms with Gasteiger partial charge in [-0.05, 0) is 31.0 Å². The molecule has 0 saturated carbocycles. The predicted molar refractivity (Wildman–Crippen MR) is 73.4 cm³/mol. The molecule has 6 heteroatoms. The molecule has 5 nitrogen and oxygen atoms in total. The van der Waals surface area contributed by atoms with Crippen LogP contribution in [0.2, 0.25) is 0 Å². The second-order valence-electron chi connectivity index (χ2n) is 4.47. The van der Waals surface area contributed by atoms with Crippen LogP contribution in [0.15, 0.2) is 22.7 Å². The molecule has 1 aliphatic rings. The molecule has 1 aromatic rings. The molecule has 1 heterocycles. The summed E-state index contributed by atoms with van der Waals surface area (Å²) in [5.41, 5.74) is 1.79. The molecule has 2 rings (SSSR count).